The number of hydrogen-bond acceptors (Lipinski definition) is 4. The average molecular weight is 256 g/mol. The minimum absolute atomic E-state index is 0.204. The molecule has 0 aliphatic heterocycles. The predicted octanol–water partition coefficient (Wildman–Crippen LogP) is 2.55. The average Bonchev–Trinajstić information content (AvgIpc) is 2.39. The molecule has 0 fully saturated rings. The first-order valence-electron chi connectivity index (χ1n) is 6.10. The number of aromatic nitrogens is 2. The zero-order chi connectivity index (χ0) is 13.7. The summed E-state index contributed by atoms with van der Waals surface area (Å²) in [5.41, 5.74) is 1.17. The first-order valence-corrected chi connectivity index (χ1v) is 6.10. The van der Waals surface area contributed by atoms with Crippen molar-refractivity contribution in [3.63, 3.8) is 0 Å². The predicted molar refractivity (Wildman–Crippen MR) is 75.2 cm³/mol. The summed E-state index contributed by atoms with van der Waals surface area (Å²) in [6.07, 6.45) is 4.92. The van der Waals surface area contributed by atoms with Crippen LogP contribution in [-0.4, -0.2) is 21.9 Å². The second kappa shape index (κ2) is 5.95. The van der Waals surface area contributed by atoms with E-state index in [4.69, 9.17) is 0 Å². The van der Waals surface area contributed by atoms with Crippen molar-refractivity contribution in [1.82, 2.24) is 9.97 Å². The second-order valence-electron chi connectivity index (χ2n) is 4.39. The molecule has 0 aromatic carbocycles. The summed E-state index contributed by atoms with van der Waals surface area (Å²) in [5.74, 6) is 0.378. The van der Waals surface area contributed by atoms with Crippen molar-refractivity contribution in [2.45, 2.75) is 19.9 Å². The van der Waals surface area contributed by atoms with E-state index in [1.54, 1.807) is 42.9 Å². The first kappa shape index (κ1) is 13.0. The number of anilines is 2. The third-order valence-corrected chi connectivity index (χ3v) is 2.40. The van der Waals surface area contributed by atoms with Crippen LogP contribution < -0.4 is 10.6 Å². The van der Waals surface area contributed by atoms with E-state index in [9.17, 15) is 4.79 Å². The summed E-state index contributed by atoms with van der Waals surface area (Å²) in [7, 11) is 0. The molecule has 0 saturated heterocycles. The van der Waals surface area contributed by atoms with Crippen LogP contribution in [0.3, 0.4) is 0 Å². The van der Waals surface area contributed by atoms with Gasteiger partial charge >= 0.3 is 0 Å². The molecule has 2 heterocycles. The first-order chi connectivity index (χ1) is 9.16. The quantitative estimate of drug-likeness (QED) is 0.882. The summed E-state index contributed by atoms with van der Waals surface area (Å²) in [4.78, 5) is 20.3. The smallest absolute Gasteiger partial charge is 0.259 e. The highest BCUT2D eigenvalue weighted by Crippen LogP contribution is 2.15. The van der Waals surface area contributed by atoms with E-state index in [1.807, 2.05) is 13.8 Å². The van der Waals surface area contributed by atoms with E-state index in [0.717, 1.165) is 0 Å². The third kappa shape index (κ3) is 3.51. The molecule has 98 valence electrons. The molecule has 5 nitrogen and oxygen atoms in total. The Morgan fingerprint density at radius 3 is 2.68 bits per heavy atom. The number of rotatable bonds is 4. The van der Waals surface area contributed by atoms with Crippen molar-refractivity contribution in [3.05, 3.63) is 48.4 Å². The lowest BCUT2D eigenvalue weighted by molar-refractivity contribution is 0.102. The molecule has 1 amide bonds. The van der Waals surface area contributed by atoms with Gasteiger partial charge in [-0.1, -0.05) is 0 Å². The Morgan fingerprint density at radius 1 is 1.21 bits per heavy atom. The third-order valence-electron chi connectivity index (χ3n) is 2.40. The highest BCUT2D eigenvalue weighted by molar-refractivity contribution is 6.07. The van der Waals surface area contributed by atoms with Gasteiger partial charge in [0.25, 0.3) is 5.91 Å². The molecule has 2 N–H and O–H groups in total. The van der Waals surface area contributed by atoms with Gasteiger partial charge in [0.15, 0.2) is 0 Å². The number of pyridine rings is 2. The summed E-state index contributed by atoms with van der Waals surface area (Å²) in [6.45, 7) is 4.00. The molecule has 5 heteroatoms. The summed E-state index contributed by atoms with van der Waals surface area (Å²) >= 11 is 0. The molecule has 0 saturated carbocycles. The highest BCUT2D eigenvalue weighted by Gasteiger charge is 2.12. The van der Waals surface area contributed by atoms with Gasteiger partial charge in [0, 0.05) is 18.4 Å². The molecule has 0 spiro atoms. The number of nitrogens with one attached hydrogen (secondary N) is 2. The summed E-state index contributed by atoms with van der Waals surface area (Å²) < 4.78 is 0. The lowest BCUT2D eigenvalue weighted by Crippen LogP contribution is -2.18. The van der Waals surface area contributed by atoms with Crippen LogP contribution in [-0.2, 0) is 0 Å². The van der Waals surface area contributed by atoms with Crippen LogP contribution >= 0.6 is 0 Å². The van der Waals surface area contributed by atoms with E-state index in [0.29, 0.717) is 17.1 Å². The van der Waals surface area contributed by atoms with E-state index < -0.39 is 0 Å². The van der Waals surface area contributed by atoms with Crippen molar-refractivity contribution < 1.29 is 4.79 Å². The SMILES string of the molecule is CC(C)Nc1ncccc1C(=O)Nc1cccnc1. The van der Waals surface area contributed by atoms with Crippen molar-refractivity contribution in [3.8, 4) is 0 Å². The van der Waals surface area contributed by atoms with Crippen molar-refractivity contribution >= 4 is 17.4 Å². The fourth-order valence-electron chi connectivity index (χ4n) is 1.61. The number of hydrogen-bond donors (Lipinski definition) is 2. The molecule has 0 atom stereocenters. The number of carbonyl (C=O) groups is 1. The van der Waals surface area contributed by atoms with E-state index >= 15 is 0 Å². The van der Waals surface area contributed by atoms with Gasteiger partial charge in [-0.15, -0.1) is 0 Å². The van der Waals surface area contributed by atoms with Gasteiger partial charge in [0.05, 0.1) is 17.4 Å². The van der Waals surface area contributed by atoms with Gasteiger partial charge in [-0.05, 0) is 38.1 Å². The fraction of sp³-hybridized carbons (Fsp3) is 0.214. The van der Waals surface area contributed by atoms with Crippen LogP contribution in [0.4, 0.5) is 11.5 Å². The van der Waals surface area contributed by atoms with Gasteiger partial charge < -0.3 is 10.6 Å². The van der Waals surface area contributed by atoms with Crippen LogP contribution in [0.15, 0.2) is 42.9 Å². The Hall–Kier alpha value is -2.43. The largest absolute Gasteiger partial charge is 0.367 e. The van der Waals surface area contributed by atoms with Crippen LogP contribution in [0.2, 0.25) is 0 Å². The Balaban J connectivity index is 2.19. The maximum atomic E-state index is 12.2. The van der Waals surface area contributed by atoms with Gasteiger partial charge in [-0.3, -0.25) is 9.78 Å². The molecule has 2 rings (SSSR count). The Morgan fingerprint density at radius 2 is 2.00 bits per heavy atom. The molecule has 2 aromatic heterocycles. The number of amides is 1. The molecular formula is C14H16N4O. The molecule has 0 bridgehead atoms. The van der Waals surface area contributed by atoms with Crippen LogP contribution in [0.5, 0.6) is 0 Å². The number of carbonyl (C=O) groups excluding carboxylic acids is 1. The van der Waals surface area contributed by atoms with Gasteiger partial charge in [-0.2, -0.15) is 0 Å². The highest BCUT2D eigenvalue weighted by atomic mass is 16.1. The van der Waals surface area contributed by atoms with Crippen molar-refractivity contribution in [2.24, 2.45) is 0 Å². The monoisotopic (exact) mass is 256 g/mol. The van der Waals surface area contributed by atoms with Gasteiger partial charge in [0.1, 0.15) is 5.82 Å². The van der Waals surface area contributed by atoms with Crippen molar-refractivity contribution in [1.29, 1.82) is 0 Å². The molecule has 0 unspecified atom stereocenters. The minimum Gasteiger partial charge on any atom is -0.367 e. The zero-order valence-electron chi connectivity index (χ0n) is 10.9. The fourth-order valence-corrected chi connectivity index (χ4v) is 1.61. The van der Waals surface area contributed by atoms with Crippen LogP contribution in [0.1, 0.15) is 24.2 Å². The molecule has 0 radical (unpaired) electrons. The van der Waals surface area contributed by atoms with Crippen LogP contribution in [0.25, 0.3) is 0 Å². The van der Waals surface area contributed by atoms with Crippen LogP contribution in [0, 0.1) is 0 Å². The topological polar surface area (TPSA) is 66.9 Å². The maximum absolute atomic E-state index is 12.2. The zero-order valence-corrected chi connectivity index (χ0v) is 10.9. The molecule has 0 aliphatic carbocycles. The lowest BCUT2D eigenvalue weighted by Gasteiger charge is -2.13. The van der Waals surface area contributed by atoms with Gasteiger partial charge in [-0.25, -0.2) is 4.98 Å². The molecule has 0 aliphatic rings. The Kier molecular flexibility index (Phi) is 4.07. The second-order valence-corrected chi connectivity index (χ2v) is 4.39. The lowest BCUT2D eigenvalue weighted by atomic mass is 10.2. The van der Waals surface area contributed by atoms with Gasteiger partial charge in [0.2, 0.25) is 0 Å². The standard InChI is InChI=1S/C14H16N4O/c1-10(2)17-13-12(6-4-8-16-13)14(19)18-11-5-3-7-15-9-11/h3-10H,1-2H3,(H,16,17)(H,18,19). The van der Waals surface area contributed by atoms with E-state index in [2.05, 4.69) is 20.6 Å². The summed E-state index contributed by atoms with van der Waals surface area (Å²) in [5, 5.41) is 5.94. The van der Waals surface area contributed by atoms with E-state index in [1.165, 1.54) is 0 Å². The number of nitrogens with zero attached hydrogens (tertiary/aromatic N) is 2. The summed E-state index contributed by atoms with van der Waals surface area (Å²) in [6, 6.07) is 7.25. The van der Waals surface area contributed by atoms with Crippen molar-refractivity contribution in [2.75, 3.05) is 10.6 Å². The maximum Gasteiger partial charge on any atom is 0.259 e. The molecular weight excluding hydrogens is 240 g/mol. The minimum atomic E-state index is -0.204. The normalized spacial score (nSPS) is 10.3. The molecule has 2 aromatic rings. The Bertz CT molecular complexity index is 554. The molecule has 19 heavy (non-hydrogen) atoms. The van der Waals surface area contributed by atoms with E-state index in [-0.39, 0.29) is 11.9 Å². The Labute approximate surface area is 112 Å².